The first kappa shape index (κ1) is 11.1. The normalized spacial score (nSPS) is 11.5. The zero-order valence-corrected chi connectivity index (χ0v) is 10.6. The average molecular weight is 244 g/mol. The van der Waals surface area contributed by atoms with E-state index in [0.717, 1.165) is 29.0 Å². The third-order valence-electron chi connectivity index (χ3n) is 3.29. The van der Waals surface area contributed by atoms with Gasteiger partial charge in [0.05, 0.1) is 12.6 Å². The number of fused-ring (bicyclic) bond motifs is 3. The molecule has 3 rings (SSSR count). The molecule has 0 amide bonds. The van der Waals surface area contributed by atoms with Crippen LogP contribution in [0.15, 0.2) is 24.4 Å². The van der Waals surface area contributed by atoms with Crippen LogP contribution in [0, 0.1) is 0 Å². The summed E-state index contributed by atoms with van der Waals surface area (Å²) in [4.78, 5) is 4.65. The van der Waals surface area contributed by atoms with Gasteiger partial charge in [0.2, 0.25) is 5.78 Å². The first-order chi connectivity index (χ1) is 8.76. The SMILES string of the molecule is COc1cccc2c1nc1n(C)c(CCN)cn21. The highest BCUT2D eigenvalue weighted by molar-refractivity contribution is 5.85. The molecule has 2 N–H and O–H groups in total. The van der Waals surface area contributed by atoms with Crippen LogP contribution in [0.5, 0.6) is 5.75 Å². The molecule has 3 aromatic rings. The number of ether oxygens (including phenoxy) is 1. The van der Waals surface area contributed by atoms with Crippen molar-refractivity contribution in [3.63, 3.8) is 0 Å². The minimum atomic E-state index is 0.641. The van der Waals surface area contributed by atoms with E-state index in [1.165, 1.54) is 5.69 Å². The molecule has 5 nitrogen and oxygen atoms in total. The lowest BCUT2D eigenvalue weighted by molar-refractivity contribution is 0.419. The molecule has 2 heterocycles. The summed E-state index contributed by atoms with van der Waals surface area (Å²) >= 11 is 0. The molecule has 5 heteroatoms. The Morgan fingerprint density at radius 3 is 2.94 bits per heavy atom. The standard InChI is InChI=1S/C13H16N4O/c1-16-9(6-7-14)8-17-10-4-3-5-11(18-2)12(10)15-13(16)17/h3-5,8H,6-7,14H2,1-2H3. The number of aromatic nitrogens is 3. The number of hydrogen-bond acceptors (Lipinski definition) is 3. The second-order valence-corrected chi connectivity index (χ2v) is 4.33. The first-order valence-electron chi connectivity index (χ1n) is 5.95. The maximum atomic E-state index is 5.62. The monoisotopic (exact) mass is 244 g/mol. The fraction of sp³-hybridized carbons (Fsp3) is 0.308. The number of methoxy groups -OCH3 is 1. The Labute approximate surface area is 105 Å². The first-order valence-corrected chi connectivity index (χ1v) is 5.95. The van der Waals surface area contributed by atoms with Gasteiger partial charge < -0.3 is 15.0 Å². The number of nitrogens with two attached hydrogens (primary N) is 1. The van der Waals surface area contributed by atoms with Crippen molar-refractivity contribution in [2.75, 3.05) is 13.7 Å². The maximum Gasteiger partial charge on any atom is 0.215 e. The molecule has 0 atom stereocenters. The van der Waals surface area contributed by atoms with Crippen LogP contribution in [0.25, 0.3) is 16.8 Å². The maximum absolute atomic E-state index is 5.62. The molecular formula is C13H16N4O. The minimum absolute atomic E-state index is 0.641. The second-order valence-electron chi connectivity index (χ2n) is 4.33. The van der Waals surface area contributed by atoms with Crippen molar-refractivity contribution in [1.29, 1.82) is 0 Å². The van der Waals surface area contributed by atoms with Gasteiger partial charge in [0.1, 0.15) is 11.3 Å². The largest absolute Gasteiger partial charge is 0.494 e. The fourth-order valence-corrected chi connectivity index (χ4v) is 2.35. The van der Waals surface area contributed by atoms with E-state index in [1.807, 2.05) is 25.2 Å². The second kappa shape index (κ2) is 4.03. The summed E-state index contributed by atoms with van der Waals surface area (Å²) in [5, 5.41) is 0. The lowest BCUT2D eigenvalue weighted by Gasteiger charge is -2.00. The Kier molecular flexibility index (Phi) is 2.48. The quantitative estimate of drug-likeness (QED) is 0.756. The minimum Gasteiger partial charge on any atom is -0.494 e. The summed E-state index contributed by atoms with van der Waals surface area (Å²) in [5.74, 6) is 1.72. The molecule has 0 saturated heterocycles. The molecule has 2 aromatic heterocycles. The molecule has 0 radical (unpaired) electrons. The molecule has 0 fully saturated rings. The van der Waals surface area contributed by atoms with Crippen LogP contribution in [0.4, 0.5) is 0 Å². The average Bonchev–Trinajstić information content (AvgIpc) is 2.89. The third kappa shape index (κ3) is 1.41. The van der Waals surface area contributed by atoms with Gasteiger partial charge in [-0.2, -0.15) is 0 Å². The summed E-state index contributed by atoms with van der Waals surface area (Å²) in [6.07, 6.45) is 2.95. The predicted molar refractivity (Wildman–Crippen MR) is 71.0 cm³/mol. The zero-order chi connectivity index (χ0) is 12.7. The van der Waals surface area contributed by atoms with Gasteiger partial charge in [-0.1, -0.05) is 6.07 Å². The lowest BCUT2D eigenvalue weighted by Crippen LogP contribution is -2.06. The molecule has 0 aliphatic carbocycles. The van der Waals surface area contributed by atoms with E-state index in [4.69, 9.17) is 10.5 Å². The summed E-state index contributed by atoms with van der Waals surface area (Å²) < 4.78 is 9.50. The van der Waals surface area contributed by atoms with Crippen molar-refractivity contribution in [2.45, 2.75) is 6.42 Å². The number of hydrogen-bond donors (Lipinski definition) is 1. The molecule has 0 aliphatic heterocycles. The van der Waals surface area contributed by atoms with Crippen LogP contribution in [0.3, 0.4) is 0 Å². The van der Waals surface area contributed by atoms with Gasteiger partial charge in [-0.25, -0.2) is 4.98 Å². The fourth-order valence-electron chi connectivity index (χ4n) is 2.35. The van der Waals surface area contributed by atoms with Crippen LogP contribution < -0.4 is 10.5 Å². The molecule has 0 bridgehead atoms. The van der Waals surface area contributed by atoms with E-state index in [-0.39, 0.29) is 0 Å². The van der Waals surface area contributed by atoms with Crippen molar-refractivity contribution in [1.82, 2.24) is 14.0 Å². The van der Waals surface area contributed by atoms with Gasteiger partial charge in [-0.15, -0.1) is 0 Å². The van der Waals surface area contributed by atoms with Gasteiger partial charge in [-0.3, -0.25) is 4.40 Å². The highest BCUT2D eigenvalue weighted by atomic mass is 16.5. The Balaban J connectivity index is 2.33. The lowest BCUT2D eigenvalue weighted by atomic mass is 10.3. The molecule has 0 unspecified atom stereocenters. The van der Waals surface area contributed by atoms with E-state index in [1.54, 1.807) is 7.11 Å². The molecule has 94 valence electrons. The van der Waals surface area contributed by atoms with Crippen LogP contribution >= 0.6 is 0 Å². The number of rotatable bonds is 3. The number of nitrogens with zero attached hydrogens (tertiary/aromatic N) is 3. The molecule has 0 saturated carbocycles. The van der Waals surface area contributed by atoms with E-state index < -0.39 is 0 Å². The predicted octanol–water partition coefficient (Wildman–Crippen LogP) is 1.34. The number of aryl methyl sites for hydroxylation is 1. The Hall–Kier alpha value is -2.01. The van der Waals surface area contributed by atoms with Gasteiger partial charge >= 0.3 is 0 Å². The molecule has 1 aromatic carbocycles. The smallest absolute Gasteiger partial charge is 0.215 e. The van der Waals surface area contributed by atoms with Crippen LogP contribution in [0.2, 0.25) is 0 Å². The number of benzene rings is 1. The van der Waals surface area contributed by atoms with E-state index in [9.17, 15) is 0 Å². The van der Waals surface area contributed by atoms with Gasteiger partial charge in [0, 0.05) is 25.4 Å². The Morgan fingerprint density at radius 2 is 2.22 bits per heavy atom. The van der Waals surface area contributed by atoms with E-state index in [2.05, 4.69) is 20.1 Å². The van der Waals surface area contributed by atoms with Gasteiger partial charge in [0.25, 0.3) is 0 Å². The van der Waals surface area contributed by atoms with Gasteiger partial charge in [0.15, 0.2) is 0 Å². The Bertz CT molecular complexity index is 710. The molecule has 0 spiro atoms. The highest BCUT2D eigenvalue weighted by Crippen LogP contribution is 2.26. The van der Waals surface area contributed by atoms with Crippen molar-refractivity contribution < 1.29 is 4.74 Å². The molecule has 0 aliphatic rings. The summed E-state index contributed by atoms with van der Waals surface area (Å²) in [7, 11) is 3.68. The van der Waals surface area contributed by atoms with Crippen molar-refractivity contribution in [2.24, 2.45) is 12.8 Å². The molecule has 18 heavy (non-hydrogen) atoms. The zero-order valence-electron chi connectivity index (χ0n) is 10.6. The van der Waals surface area contributed by atoms with Crippen LogP contribution in [-0.2, 0) is 13.5 Å². The summed E-state index contributed by atoms with van der Waals surface area (Å²) in [6.45, 7) is 0.641. The van der Waals surface area contributed by atoms with Crippen molar-refractivity contribution >= 4 is 16.8 Å². The third-order valence-corrected chi connectivity index (χ3v) is 3.29. The molecular weight excluding hydrogens is 228 g/mol. The van der Waals surface area contributed by atoms with E-state index >= 15 is 0 Å². The van der Waals surface area contributed by atoms with Crippen LogP contribution in [0.1, 0.15) is 5.69 Å². The van der Waals surface area contributed by atoms with Crippen LogP contribution in [-0.4, -0.2) is 27.6 Å². The number of imidazole rings is 2. The van der Waals surface area contributed by atoms with Crippen molar-refractivity contribution in [3.8, 4) is 5.75 Å². The van der Waals surface area contributed by atoms with Crippen molar-refractivity contribution in [3.05, 3.63) is 30.1 Å². The summed E-state index contributed by atoms with van der Waals surface area (Å²) in [5.41, 5.74) is 8.75. The highest BCUT2D eigenvalue weighted by Gasteiger charge is 2.13. The Morgan fingerprint density at radius 1 is 1.39 bits per heavy atom. The topological polar surface area (TPSA) is 57.5 Å². The number of para-hydroxylation sites is 1. The van der Waals surface area contributed by atoms with Gasteiger partial charge in [-0.05, 0) is 18.7 Å². The summed E-state index contributed by atoms with van der Waals surface area (Å²) in [6, 6.07) is 5.95. The van der Waals surface area contributed by atoms with E-state index in [0.29, 0.717) is 6.54 Å².